The van der Waals surface area contributed by atoms with E-state index in [-0.39, 0.29) is 5.83 Å². The fourth-order valence-electron chi connectivity index (χ4n) is 1.95. The molecule has 1 saturated carbocycles. The number of nitrogens with zero attached hydrogens (tertiary/aromatic N) is 1. The van der Waals surface area contributed by atoms with E-state index >= 15 is 0 Å². The molecule has 0 aromatic rings. The molecule has 68 valence electrons. The summed E-state index contributed by atoms with van der Waals surface area (Å²) < 4.78 is 12.9. The summed E-state index contributed by atoms with van der Waals surface area (Å²) in [5, 5.41) is 0. The SMILES string of the molecule is CC(C1CC1)N1CCC=C(F)C1. The zero-order valence-electron chi connectivity index (χ0n) is 7.59. The average Bonchev–Trinajstić information content (AvgIpc) is 2.85. The molecule has 2 heteroatoms. The van der Waals surface area contributed by atoms with Crippen LogP contribution >= 0.6 is 0 Å². The third-order valence-electron chi connectivity index (χ3n) is 3.02. The van der Waals surface area contributed by atoms with Gasteiger partial charge in [-0.2, -0.15) is 0 Å². The Bertz CT molecular complexity index is 196. The Balaban J connectivity index is 1.91. The van der Waals surface area contributed by atoms with Gasteiger partial charge in [0.1, 0.15) is 5.83 Å². The summed E-state index contributed by atoms with van der Waals surface area (Å²) in [7, 11) is 0. The maximum absolute atomic E-state index is 12.9. The van der Waals surface area contributed by atoms with Crippen molar-refractivity contribution in [2.24, 2.45) is 5.92 Å². The van der Waals surface area contributed by atoms with E-state index in [1.807, 2.05) is 0 Å². The zero-order chi connectivity index (χ0) is 8.55. The maximum Gasteiger partial charge on any atom is 0.110 e. The van der Waals surface area contributed by atoms with Crippen LogP contribution in [0.15, 0.2) is 11.9 Å². The van der Waals surface area contributed by atoms with E-state index in [1.54, 1.807) is 6.08 Å². The third-order valence-corrected chi connectivity index (χ3v) is 3.02. The lowest BCUT2D eigenvalue weighted by molar-refractivity contribution is 0.187. The minimum atomic E-state index is 0.0637. The van der Waals surface area contributed by atoms with Crippen molar-refractivity contribution in [3.63, 3.8) is 0 Å². The van der Waals surface area contributed by atoms with Gasteiger partial charge in [-0.1, -0.05) is 6.08 Å². The lowest BCUT2D eigenvalue weighted by Gasteiger charge is -2.30. The molecule has 2 aliphatic rings. The Morgan fingerprint density at radius 2 is 2.33 bits per heavy atom. The first-order chi connectivity index (χ1) is 5.77. The van der Waals surface area contributed by atoms with Crippen LogP contribution in [0.2, 0.25) is 0 Å². The van der Waals surface area contributed by atoms with Crippen LogP contribution in [0.5, 0.6) is 0 Å². The molecule has 0 radical (unpaired) electrons. The van der Waals surface area contributed by atoms with Crippen LogP contribution in [0.1, 0.15) is 26.2 Å². The minimum absolute atomic E-state index is 0.0637. The maximum atomic E-state index is 12.9. The van der Waals surface area contributed by atoms with Gasteiger partial charge in [0, 0.05) is 12.6 Å². The van der Waals surface area contributed by atoms with Crippen molar-refractivity contribution in [2.75, 3.05) is 13.1 Å². The van der Waals surface area contributed by atoms with E-state index in [0.29, 0.717) is 12.6 Å². The van der Waals surface area contributed by atoms with Gasteiger partial charge >= 0.3 is 0 Å². The lowest BCUT2D eigenvalue weighted by atomic mass is 10.1. The Morgan fingerprint density at radius 1 is 1.58 bits per heavy atom. The van der Waals surface area contributed by atoms with Crippen LogP contribution in [-0.4, -0.2) is 24.0 Å². The molecule has 1 unspecified atom stereocenters. The topological polar surface area (TPSA) is 3.24 Å². The van der Waals surface area contributed by atoms with Gasteiger partial charge in [0.15, 0.2) is 0 Å². The first kappa shape index (κ1) is 8.24. The zero-order valence-corrected chi connectivity index (χ0v) is 7.59. The molecule has 0 bridgehead atoms. The van der Waals surface area contributed by atoms with E-state index in [4.69, 9.17) is 0 Å². The number of hydrogen-bond acceptors (Lipinski definition) is 1. The smallest absolute Gasteiger partial charge is 0.110 e. The highest BCUT2D eigenvalue weighted by molar-refractivity contribution is 5.01. The largest absolute Gasteiger partial charge is 0.293 e. The summed E-state index contributed by atoms with van der Waals surface area (Å²) in [6.07, 6.45) is 5.31. The second kappa shape index (κ2) is 3.17. The third kappa shape index (κ3) is 1.69. The molecule has 1 aliphatic heterocycles. The van der Waals surface area contributed by atoms with E-state index < -0.39 is 0 Å². The summed E-state index contributed by atoms with van der Waals surface area (Å²) in [6, 6.07) is 0.601. The lowest BCUT2D eigenvalue weighted by Crippen LogP contribution is -2.38. The van der Waals surface area contributed by atoms with Crippen molar-refractivity contribution in [1.82, 2.24) is 4.90 Å². The standard InChI is InChI=1S/C10H16FN/c1-8(9-4-5-9)12-6-2-3-10(11)7-12/h3,8-9H,2,4-7H2,1H3. The van der Waals surface area contributed by atoms with Gasteiger partial charge < -0.3 is 0 Å². The van der Waals surface area contributed by atoms with Crippen LogP contribution in [0.25, 0.3) is 0 Å². The molecular weight excluding hydrogens is 153 g/mol. The summed E-state index contributed by atoms with van der Waals surface area (Å²) in [6.45, 7) is 3.83. The molecule has 12 heavy (non-hydrogen) atoms. The average molecular weight is 169 g/mol. The highest BCUT2D eigenvalue weighted by Crippen LogP contribution is 2.35. The van der Waals surface area contributed by atoms with Gasteiger partial charge in [0.2, 0.25) is 0 Å². The van der Waals surface area contributed by atoms with Gasteiger partial charge in [-0.3, -0.25) is 4.90 Å². The number of rotatable bonds is 2. The summed E-state index contributed by atoms with van der Waals surface area (Å²) in [5.74, 6) is 0.921. The second-order valence-electron chi connectivity index (χ2n) is 3.99. The molecule has 0 spiro atoms. The Morgan fingerprint density at radius 3 is 2.92 bits per heavy atom. The monoisotopic (exact) mass is 169 g/mol. The van der Waals surface area contributed by atoms with Crippen molar-refractivity contribution >= 4 is 0 Å². The van der Waals surface area contributed by atoms with Crippen LogP contribution < -0.4 is 0 Å². The van der Waals surface area contributed by atoms with Crippen LogP contribution in [0.3, 0.4) is 0 Å². The van der Waals surface area contributed by atoms with Gasteiger partial charge in [-0.25, -0.2) is 4.39 Å². The van der Waals surface area contributed by atoms with Crippen molar-refractivity contribution < 1.29 is 4.39 Å². The van der Waals surface area contributed by atoms with Crippen molar-refractivity contribution in [3.8, 4) is 0 Å². The molecule has 1 atom stereocenters. The molecular formula is C10H16FN. The minimum Gasteiger partial charge on any atom is -0.293 e. The molecule has 1 aliphatic carbocycles. The highest BCUT2D eigenvalue weighted by Gasteiger charge is 2.32. The van der Waals surface area contributed by atoms with E-state index in [9.17, 15) is 4.39 Å². The van der Waals surface area contributed by atoms with E-state index in [2.05, 4.69) is 11.8 Å². The highest BCUT2D eigenvalue weighted by atomic mass is 19.1. The Kier molecular flexibility index (Phi) is 2.18. The number of hydrogen-bond donors (Lipinski definition) is 0. The molecule has 1 nitrogen and oxygen atoms in total. The summed E-state index contributed by atoms with van der Waals surface area (Å²) in [4.78, 5) is 2.27. The Hall–Kier alpha value is -0.370. The number of halogens is 1. The van der Waals surface area contributed by atoms with Crippen molar-refractivity contribution in [3.05, 3.63) is 11.9 Å². The first-order valence-electron chi connectivity index (χ1n) is 4.86. The Labute approximate surface area is 73.2 Å². The van der Waals surface area contributed by atoms with Crippen molar-refractivity contribution in [2.45, 2.75) is 32.2 Å². The van der Waals surface area contributed by atoms with Gasteiger partial charge in [-0.05, 0) is 32.1 Å². The van der Waals surface area contributed by atoms with E-state index in [0.717, 1.165) is 18.9 Å². The molecule has 0 N–H and O–H groups in total. The fraction of sp³-hybridized carbons (Fsp3) is 0.800. The van der Waals surface area contributed by atoms with Gasteiger partial charge in [0.05, 0.1) is 6.54 Å². The molecule has 0 aromatic heterocycles. The normalized spacial score (nSPS) is 28.3. The predicted octanol–water partition coefficient (Wildman–Crippen LogP) is 2.34. The summed E-state index contributed by atoms with van der Waals surface area (Å²) >= 11 is 0. The molecule has 1 heterocycles. The summed E-state index contributed by atoms with van der Waals surface area (Å²) in [5.41, 5.74) is 0. The molecule has 0 amide bonds. The predicted molar refractivity (Wildman–Crippen MR) is 47.6 cm³/mol. The molecule has 0 aromatic carbocycles. The first-order valence-corrected chi connectivity index (χ1v) is 4.86. The van der Waals surface area contributed by atoms with Crippen molar-refractivity contribution in [1.29, 1.82) is 0 Å². The molecule has 1 fully saturated rings. The second-order valence-corrected chi connectivity index (χ2v) is 3.99. The van der Waals surface area contributed by atoms with E-state index in [1.165, 1.54) is 12.8 Å². The van der Waals surface area contributed by atoms with Crippen LogP contribution in [0, 0.1) is 5.92 Å². The molecule has 2 rings (SSSR count). The quantitative estimate of drug-likeness (QED) is 0.613. The molecule has 0 saturated heterocycles. The fourth-order valence-corrected chi connectivity index (χ4v) is 1.95. The van der Waals surface area contributed by atoms with Crippen LogP contribution in [-0.2, 0) is 0 Å². The van der Waals surface area contributed by atoms with Crippen LogP contribution in [0.4, 0.5) is 4.39 Å². The van der Waals surface area contributed by atoms with Gasteiger partial charge in [-0.15, -0.1) is 0 Å². The van der Waals surface area contributed by atoms with Gasteiger partial charge in [0.25, 0.3) is 0 Å².